The summed E-state index contributed by atoms with van der Waals surface area (Å²) in [5.74, 6) is 0.697. The summed E-state index contributed by atoms with van der Waals surface area (Å²) in [4.78, 5) is 13.3. The number of hydrogen-bond acceptors (Lipinski definition) is 3. The van der Waals surface area contributed by atoms with Gasteiger partial charge in [0.25, 0.3) is 0 Å². The van der Waals surface area contributed by atoms with E-state index in [2.05, 4.69) is 5.32 Å². The third-order valence-electron chi connectivity index (χ3n) is 2.97. The van der Waals surface area contributed by atoms with Crippen LogP contribution in [0.15, 0.2) is 53.4 Å². The highest BCUT2D eigenvalue weighted by Gasteiger charge is 2.15. The average molecular weight is 350 g/mol. The number of benzene rings is 2. The number of nitrogens with one attached hydrogen (secondary N) is 1. The number of hydrogen-bond donors (Lipinski definition) is 1. The lowest BCUT2D eigenvalue weighted by molar-refractivity contribution is -0.115. The van der Waals surface area contributed by atoms with Crippen LogP contribution in [-0.4, -0.2) is 17.3 Å². The van der Waals surface area contributed by atoms with Crippen LogP contribution in [0, 0.1) is 0 Å². The van der Waals surface area contributed by atoms with E-state index in [9.17, 15) is 4.79 Å². The second kappa shape index (κ2) is 8.27. The minimum Gasteiger partial charge on any atom is -0.491 e. The maximum atomic E-state index is 12.3. The molecule has 0 aliphatic carbocycles. The number of carbonyl (C=O) groups excluding carboxylic acids is 1. The molecule has 0 bridgehead atoms. The molecule has 2 aromatic rings. The van der Waals surface area contributed by atoms with Crippen molar-refractivity contribution in [1.82, 2.24) is 0 Å². The zero-order valence-corrected chi connectivity index (χ0v) is 14.9. The van der Waals surface area contributed by atoms with Gasteiger partial charge in [-0.05, 0) is 57.2 Å². The molecule has 0 radical (unpaired) electrons. The van der Waals surface area contributed by atoms with Gasteiger partial charge < -0.3 is 10.1 Å². The first-order valence-corrected chi connectivity index (χ1v) is 8.69. The maximum absolute atomic E-state index is 12.3. The Hall–Kier alpha value is -1.65. The monoisotopic (exact) mass is 349 g/mol. The molecule has 1 atom stereocenters. The molecule has 0 saturated carbocycles. The van der Waals surface area contributed by atoms with Crippen molar-refractivity contribution in [2.24, 2.45) is 0 Å². The molecule has 0 saturated heterocycles. The van der Waals surface area contributed by atoms with E-state index in [4.69, 9.17) is 16.3 Å². The van der Waals surface area contributed by atoms with Crippen molar-refractivity contribution < 1.29 is 9.53 Å². The van der Waals surface area contributed by atoms with E-state index in [0.29, 0.717) is 5.02 Å². The van der Waals surface area contributed by atoms with E-state index >= 15 is 0 Å². The van der Waals surface area contributed by atoms with E-state index in [1.54, 1.807) is 0 Å². The molecular formula is C18H20ClNO2S. The van der Waals surface area contributed by atoms with Crippen LogP contribution < -0.4 is 10.1 Å². The minimum atomic E-state index is -0.217. The summed E-state index contributed by atoms with van der Waals surface area (Å²) >= 11 is 7.36. The first kappa shape index (κ1) is 17.7. The molecule has 0 aliphatic heterocycles. The van der Waals surface area contributed by atoms with E-state index in [0.717, 1.165) is 16.3 Å². The lowest BCUT2D eigenvalue weighted by atomic mass is 10.3. The summed E-state index contributed by atoms with van der Waals surface area (Å²) in [6.07, 6.45) is 0.0975. The predicted octanol–water partition coefficient (Wildman–Crippen LogP) is 5.25. The highest BCUT2D eigenvalue weighted by molar-refractivity contribution is 8.00. The number of ether oxygens (including phenoxy) is 1. The topological polar surface area (TPSA) is 38.3 Å². The lowest BCUT2D eigenvalue weighted by Crippen LogP contribution is -2.22. The molecular weight excluding hydrogens is 330 g/mol. The molecule has 122 valence electrons. The second-order valence-electron chi connectivity index (χ2n) is 5.40. The number of carbonyl (C=O) groups is 1. The Kier molecular flexibility index (Phi) is 6.37. The quantitative estimate of drug-likeness (QED) is 0.724. The first-order valence-electron chi connectivity index (χ1n) is 7.44. The van der Waals surface area contributed by atoms with Gasteiger partial charge in [0.2, 0.25) is 5.91 Å². The summed E-state index contributed by atoms with van der Waals surface area (Å²) in [6.45, 7) is 5.81. The van der Waals surface area contributed by atoms with E-state index < -0.39 is 0 Å². The Morgan fingerprint density at radius 3 is 2.48 bits per heavy atom. The average Bonchev–Trinajstić information content (AvgIpc) is 2.49. The predicted molar refractivity (Wildman–Crippen MR) is 97.6 cm³/mol. The number of halogens is 1. The highest BCUT2D eigenvalue weighted by Crippen LogP contribution is 2.26. The summed E-state index contributed by atoms with van der Waals surface area (Å²) < 4.78 is 5.63. The molecule has 0 unspecified atom stereocenters. The molecule has 3 nitrogen and oxygen atoms in total. The van der Waals surface area contributed by atoms with Gasteiger partial charge in [0.1, 0.15) is 5.75 Å². The maximum Gasteiger partial charge on any atom is 0.237 e. The second-order valence-corrected chi connectivity index (χ2v) is 7.25. The van der Waals surface area contributed by atoms with Crippen LogP contribution in [0.25, 0.3) is 0 Å². The van der Waals surface area contributed by atoms with Crippen LogP contribution in [0.1, 0.15) is 20.8 Å². The normalized spacial score (nSPS) is 12.0. The van der Waals surface area contributed by atoms with Gasteiger partial charge in [-0.15, -0.1) is 11.8 Å². The molecule has 2 aromatic carbocycles. The van der Waals surface area contributed by atoms with Crippen molar-refractivity contribution in [2.75, 3.05) is 5.32 Å². The molecule has 0 fully saturated rings. The van der Waals surface area contributed by atoms with Crippen LogP contribution in [0.5, 0.6) is 5.75 Å². The summed E-state index contributed by atoms with van der Waals surface area (Å²) in [6, 6.07) is 14.9. The molecule has 0 aromatic heterocycles. The van der Waals surface area contributed by atoms with Crippen molar-refractivity contribution >= 4 is 35.0 Å². The van der Waals surface area contributed by atoms with Gasteiger partial charge in [-0.25, -0.2) is 0 Å². The summed E-state index contributed by atoms with van der Waals surface area (Å²) in [5.41, 5.74) is 0.733. The van der Waals surface area contributed by atoms with Gasteiger partial charge in [-0.2, -0.15) is 0 Å². The molecule has 0 aliphatic rings. The number of anilines is 1. The van der Waals surface area contributed by atoms with Crippen molar-refractivity contribution in [3.8, 4) is 5.75 Å². The Morgan fingerprint density at radius 1 is 1.13 bits per heavy atom. The fraction of sp³-hybridized carbons (Fsp3) is 0.278. The fourth-order valence-electron chi connectivity index (χ4n) is 1.93. The third-order valence-corrected chi connectivity index (χ3v) is 4.33. The smallest absolute Gasteiger partial charge is 0.237 e. The Morgan fingerprint density at radius 2 is 1.83 bits per heavy atom. The van der Waals surface area contributed by atoms with Crippen LogP contribution in [0.4, 0.5) is 5.69 Å². The molecule has 0 heterocycles. The van der Waals surface area contributed by atoms with Crippen LogP contribution in [0.2, 0.25) is 5.02 Å². The molecule has 1 N–H and O–H groups in total. The van der Waals surface area contributed by atoms with Gasteiger partial charge in [0, 0.05) is 21.7 Å². The van der Waals surface area contributed by atoms with E-state index in [1.807, 2.05) is 69.3 Å². The van der Waals surface area contributed by atoms with Gasteiger partial charge in [-0.3, -0.25) is 4.79 Å². The zero-order valence-electron chi connectivity index (χ0n) is 13.4. The lowest BCUT2D eigenvalue weighted by Gasteiger charge is -2.14. The van der Waals surface area contributed by atoms with Crippen molar-refractivity contribution in [2.45, 2.75) is 37.0 Å². The standard InChI is InChI=1S/C18H20ClNO2S/c1-12(2)22-16-6-4-5-15(11-16)20-18(21)13(3)23-17-9-7-14(19)8-10-17/h4-13H,1-3H3,(H,20,21)/t13-/m0/s1. The zero-order chi connectivity index (χ0) is 16.8. The Balaban J connectivity index is 1.96. The number of thioether (sulfide) groups is 1. The van der Waals surface area contributed by atoms with Crippen molar-refractivity contribution in [3.05, 3.63) is 53.6 Å². The van der Waals surface area contributed by atoms with E-state index in [-0.39, 0.29) is 17.3 Å². The van der Waals surface area contributed by atoms with E-state index in [1.165, 1.54) is 11.8 Å². The van der Waals surface area contributed by atoms with Gasteiger partial charge in [0.15, 0.2) is 0 Å². The fourth-order valence-corrected chi connectivity index (χ4v) is 2.93. The van der Waals surface area contributed by atoms with Crippen LogP contribution >= 0.6 is 23.4 Å². The Labute approximate surface area is 146 Å². The molecule has 2 rings (SSSR count). The molecule has 0 spiro atoms. The van der Waals surface area contributed by atoms with Crippen LogP contribution in [0.3, 0.4) is 0 Å². The Bertz CT molecular complexity index is 658. The number of amides is 1. The van der Waals surface area contributed by atoms with Crippen LogP contribution in [-0.2, 0) is 4.79 Å². The third kappa shape index (κ3) is 5.81. The first-order chi connectivity index (χ1) is 10.9. The van der Waals surface area contributed by atoms with Gasteiger partial charge >= 0.3 is 0 Å². The SMILES string of the molecule is CC(C)Oc1cccc(NC(=O)[C@H](C)Sc2ccc(Cl)cc2)c1. The summed E-state index contributed by atoms with van der Waals surface area (Å²) in [7, 11) is 0. The van der Waals surface area contributed by atoms with Gasteiger partial charge in [0.05, 0.1) is 11.4 Å². The molecule has 23 heavy (non-hydrogen) atoms. The van der Waals surface area contributed by atoms with Crippen molar-refractivity contribution in [1.29, 1.82) is 0 Å². The number of rotatable bonds is 6. The molecule has 1 amide bonds. The van der Waals surface area contributed by atoms with Crippen molar-refractivity contribution in [3.63, 3.8) is 0 Å². The van der Waals surface area contributed by atoms with Gasteiger partial charge in [-0.1, -0.05) is 17.7 Å². The molecule has 5 heteroatoms. The highest BCUT2D eigenvalue weighted by atomic mass is 35.5. The minimum absolute atomic E-state index is 0.0494. The summed E-state index contributed by atoms with van der Waals surface area (Å²) in [5, 5.41) is 3.39. The largest absolute Gasteiger partial charge is 0.491 e.